The number of halogens is 1. The second-order valence-corrected chi connectivity index (χ2v) is 5.34. The van der Waals surface area contributed by atoms with Gasteiger partial charge in [0.25, 0.3) is 5.91 Å². The van der Waals surface area contributed by atoms with Crippen molar-refractivity contribution in [3.63, 3.8) is 0 Å². The van der Waals surface area contributed by atoms with Crippen LogP contribution in [0.5, 0.6) is 0 Å². The third-order valence-electron chi connectivity index (χ3n) is 3.53. The van der Waals surface area contributed by atoms with Crippen LogP contribution in [0.4, 0.5) is 0 Å². The Morgan fingerprint density at radius 1 is 1.42 bits per heavy atom. The number of hydrogen-bond donors (Lipinski definition) is 0. The highest BCUT2D eigenvalue weighted by Crippen LogP contribution is 2.20. The summed E-state index contributed by atoms with van der Waals surface area (Å²) in [6.07, 6.45) is 2.04. The van der Waals surface area contributed by atoms with Gasteiger partial charge in [-0.25, -0.2) is 0 Å². The van der Waals surface area contributed by atoms with E-state index in [1.807, 2.05) is 24.0 Å². The molecule has 0 N–H and O–H groups in total. The van der Waals surface area contributed by atoms with E-state index in [0.717, 1.165) is 39.1 Å². The summed E-state index contributed by atoms with van der Waals surface area (Å²) in [5.74, 6) is 0.667. The lowest BCUT2D eigenvalue weighted by molar-refractivity contribution is 0.0551. The summed E-state index contributed by atoms with van der Waals surface area (Å²) in [5, 5.41) is 0.608. The Bertz CT molecular complexity index is 428. The molecule has 1 aromatic rings. The van der Waals surface area contributed by atoms with E-state index in [4.69, 9.17) is 16.3 Å². The summed E-state index contributed by atoms with van der Waals surface area (Å²) < 4.78 is 5.45. The number of ether oxygens (including phenoxy) is 1. The van der Waals surface area contributed by atoms with E-state index in [2.05, 4.69) is 0 Å². The first-order valence-electron chi connectivity index (χ1n) is 6.83. The van der Waals surface area contributed by atoms with Gasteiger partial charge >= 0.3 is 0 Å². The number of nitrogens with zero attached hydrogens (tertiary/aromatic N) is 1. The number of benzene rings is 1. The predicted molar refractivity (Wildman–Crippen MR) is 76.6 cm³/mol. The molecule has 1 saturated heterocycles. The second-order valence-electron chi connectivity index (χ2n) is 4.91. The molecular formula is C15H20ClNO2. The van der Waals surface area contributed by atoms with Gasteiger partial charge < -0.3 is 9.64 Å². The highest BCUT2D eigenvalue weighted by molar-refractivity contribution is 6.30. The van der Waals surface area contributed by atoms with Crippen LogP contribution in [0.25, 0.3) is 0 Å². The SMILES string of the molecule is CCOCC1CCN(C(=O)c2cccc(Cl)c2)CC1. The zero-order valence-electron chi connectivity index (χ0n) is 11.3. The van der Waals surface area contributed by atoms with Gasteiger partial charge in [0.2, 0.25) is 0 Å². The highest BCUT2D eigenvalue weighted by Gasteiger charge is 2.23. The van der Waals surface area contributed by atoms with Crippen LogP contribution >= 0.6 is 11.6 Å². The number of piperidine rings is 1. The van der Waals surface area contributed by atoms with Gasteiger partial charge in [-0.15, -0.1) is 0 Å². The smallest absolute Gasteiger partial charge is 0.253 e. The van der Waals surface area contributed by atoms with Gasteiger partial charge in [0.1, 0.15) is 0 Å². The average Bonchev–Trinajstić information content (AvgIpc) is 2.45. The number of carbonyl (C=O) groups excluding carboxylic acids is 1. The van der Waals surface area contributed by atoms with Crippen molar-refractivity contribution in [3.05, 3.63) is 34.9 Å². The molecule has 1 heterocycles. The molecule has 1 aliphatic rings. The van der Waals surface area contributed by atoms with E-state index in [0.29, 0.717) is 16.5 Å². The molecule has 2 rings (SSSR count). The summed E-state index contributed by atoms with van der Waals surface area (Å²) in [7, 11) is 0. The van der Waals surface area contributed by atoms with Crippen molar-refractivity contribution >= 4 is 17.5 Å². The van der Waals surface area contributed by atoms with Crippen LogP contribution in [-0.2, 0) is 4.74 Å². The monoisotopic (exact) mass is 281 g/mol. The molecule has 0 aliphatic carbocycles. The Morgan fingerprint density at radius 3 is 2.79 bits per heavy atom. The van der Waals surface area contributed by atoms with E-state index in [9.17, 15) is 4.79 Å². The van der Waals surface area contributed by atoms with Crippen molar-refractivity contribution in [1.82, 2.24) is 4.90 Å². The minimum atomic E-state index is 0.0809. The molecule has 19 heavy (non-hydrogen) atoms. The average molecular weight is 282 g/mol. The third-order valence-corrected chi connectivity index (χ3v) is 3.77. The van der Waals surface area contributed by atoms with Crippen LogP contribution in [-0.4, -0.2) is 37.1 Å². The largest absolute Gasteiger partial charge is 0.381 e. The highest BCUT2D eigenvalue weighted by atomic mass is 35.5. The van der Waals surface area contributed by atoms with Crippen LogP contribution in [0.3, 0.4) is 0 Å². The zero-order valence-corrected chi connectivity index (χ0v) is 12.0. The van der Waals surface area contributed by atoms with Gasteiger partial charge in [-0.1, -0.05) is 17.7 Å². The first-order chi connectivity index (χ1) is 9.20. The number of amides is 1. The van der Waals surface area contributed by atoms with Crippen molar-refractivity contribution in [2.24, 2.45) is 5.92 Å². The zero-order chi connectivity index (χ0) is 13.7. The van der Waals surface area contributed by atoms with Crippen molar-refractivity contribution in [3.8, 4) is 0 Å². The molecule has 3 nitrogen and oxygen atoms in total. The Balaban J connectivity index is 1.89. The van der Waals surface area contributed by atoms with Crippen molar-refractivity contribution in [2.45, 2.75) is 19.8 Å². The fourth-order valence-corrected chi connectivity index (χ4v) is 2.58. The molecular weight excluding hydrogens is 262 g/mol. The fraction of sp³-hybridized carbons (Fsp3) is 0.533. The predicted octanol–water partition coefficient (Wildman–Crippen LogP) is 3.23. The summed E-state index contributed by atoms with van der Waals surface area (Å²) >= 11 is 5.92. The van der Waals surface area contributed by atoms with Crippen LogP contribution < -0.4 is 0 Å². The molecule has 0 spiro atoms. The molecule has 0 unspecified atom stereocenters. The molecule has 1 aliphatic heterocycles. The van der Waals surface area contributed by atoms with E-state index in [-0.39, 0.29) is 5.91 Å². The number of carbonyl (C=O) groups is 1. The Morgan fingerprint density at radius 2 is 2.16 bits per heavy atom. The summed E-state index contributed by atoms with van der Waals surface area (Å²) in [5.41, 5.74) is 0.677. The molecule has 0 aromatic heterocycles. The first-order valence-corrected chi connectivity index (χ1v) is 7.21. The normalized spacial score (nSPS) is 16.6. The summed E-state index contributed by atoms with van der Waals surface area (Å²) in [6, 6.07) is 7.15. The Labute approximate surface area is 119 Å². The maximum absolute atomic E-state index is 12.3. The second kappa shape index (κ2) is 6.92. The quantitative estimate of drug-likeness (QED) is 0.848. The maximum atomic E-state index is 12.3. The number of hydrogen-bond acceptors (Lipinski definition) is 2. The van der Waals surface area contributed by atoms with Crippen LogP contribution in [0.1, 0.15) is 30.1 Å². The van der Waals surface area contributed by atoms with Crippen LogP contribution in [0.2, 0.25) is 5.02 Å². The van der Waals surface area contributed by atoms with E-state index >= 15 is 0 Å². The van der Waals surface area contributed by atoms with Gasteiger partial charge in [0.15, 0.2) is 0 Å². The Kier molecular flexibility index (Phi) is 5.23. The Hall–Kier alpha value is -1.06. The van der Waals surface area contributed by atoms with Crippen molar-refractivity contribution < 1.29 is 9.53 Å². The van der Waals surface area contributed by atoms with Gasteiger partial charge in [-0.2, -0.15) is 0 Å². The van der Waals surface area contributed by atoms with Crippen molar-refractivity contribution in [2.75, 3.05) is 26.3 Å². The molecule has 1 aromatic carbocycles. The lowest BCUT2D eigenvalue weighted by Crippen LogP contribution is -2.39. The number of likely N-dealkylation sites (tertiary alicyclic amines) is 1. The van der Waals surface area contributed by atoms with Crippen LogP contribution in [0, 0.1) is 5.92 Å². The maximum Gasteiger partial charge on any atom is 0.253 e. The first kappa shape index (κ1) is 14.4. The third kappa shape index (κ3) is 3.95. The summed E-state index contributed by atoms with van der Waals surface area (Å²) in [4.78, 5) is 14.2. The van der Waals surface area contributed by atoms with E-state index < -0.39 is 0 Å². The molecule has 4 heteroatoms. The van der Waals surface area contributed by atoms with E-state index in [1.165, 1.54) is 0 Å². The van der Waals surface area contributed by atoms with Crippen molar-refractivity contribution in [1.29, 1.82) is 0 Å². The topological polar surface area (TPSA) is 29.5 Å². The number of rotatable bonds is 4. The standard InChI is InChI=1S/C15H20ClNO2/c1-2-19-11-12-6-8-17(9-7-12)15(18)13-4-3-5-14(16)10-13/h3-5,10,12H,2,6-9,11H2,1H3. The van der Waals surface area contributed by atoms with Gasteiger partial charge in [-0.05, 0) is 43.9 Å². The molecule has 0 radical (unpaired) electrons. The van der Waals surface area contributed by atoms with Gasteiger partial charge in [0, 0.05) is 36.9 Å². The molecule has 1 amide bonds. The molecule has 0 atom stereocenters. The summed E-state index contributed by atoms with van der Waals surface area (Å²) in [6.45, 7) is 5.21. The molecule has 1 fully saturated rings. The van der Waals surface area contributed by atoms with Gasteiger partial charge in [-0.3, -0.25) is 4.79 Å². The molecule has 0 saturated carbocycles. The molecule has 0 bridgehead atoms. The minimum absolute atomic E-state index is 0.0809. The van der Waals surface area contributed by atoms with Crippen LogP contribution in [0.15, 0.2) is 24.3 Å². The van der Waals surface area contributed by atoms with Gasteiger partial charge in [0.05, 0.1) is 0 Å². The lowest BCUT2D eigenvalue weighted by Gasteiger charge is -2.32. The fourth-order valence-electron chi connectivity index (χ4n) is 2.39. The minimum Gasteiger partial charge on any atom is -0.381 e. The van der Waals surface area contributed by atoms with E-state index in [1.54, 1.807) is 12.1 Å². The lowest BCUT2D eigenvalue weighted by atomic mass is 9.97. The molecule has 104 valence electrons.